The Morgan fingerprint density at radius 2 is 1.23 bits per heavy atom. The minimum Gasteiger partial charge on any atom is -0.0885 e. The smallest absolute Gasteiger partial charge is 0.0181 e. The van der Waals surface area contributed by atoms with Gasteiger partial charge in [0.05, 0.1) is 0 Å². The van der Waals surface area contributed by atoms with Crippen LogP contribution in [0.4, 0.5) is 0 Å². The van der Waals surface area contributed by atoms with Crippen molar-refractivity contribution in [3.8, 4) is 0 Å². The molecule has 0 amide bonds. The Kier molecular flexibility index (Phi) is 10.9. The molecular formula is C26H38. The van der Waals surface area contributed by atoms with Crippen molar-refractivity contribution < 1.29 is 0 Å². The van der Waals surface area contributed by atoms with Gasteiger partial charge in [-0.2, -0.15) is 0 Å². The predicted molar refractivity (Wildman–Crippen MR) is 118 cm³/mol. The lowest BCUT2D eigenvalue weighted by Crippen LogP contribution is -1.84. The summed E-state index contributed by atoms with van der Waals surface area (Å²) in [5.41, 5.74) is 1.45. The number of unbranched alkanes of at least 4 members (excludes halogenated alkanes) is 10. The molecule has 2 aromatic carbocycles. The molecule has 0 fully saturated rings. The van der Waals surface area contributed by atoms with Crippen molar-refractivity contribution in [2.75, 3.05) is 0 Å². The van der Waals surface area contributed by atoms with Crippen LogP contribution < -0.4 is 0 Å². The van der Waals surface area contributed by atoms with Crippen LogP contribution >= 0.6 is 0 Å². The lowest BCUT2D eigenvalue weighted by Gasteiger charge is -2.02. The summed E-state index contributed by atoms with van der Waals surface area (Å²) < 4.78 is 0. The number of benzene rings is 2. The third kappa shape index (κ3) is 8.70. The van der Waals surface area contributed by atoms with E-state index in [2.05, 4.69) is 61.5 Å². The van der Waals surface area contributed by atoms with Gasteiger partial charge in [-0.15, -0.1) is 0 Å². The van der Waals surface area contributed by atoms with Crippen molar-refractivity contribution in [3.05, 3.63) is 60.2 Å². The van der Waals surface area contributed by atoms with E-state index in [1.165, 1.54) is 87.0 Å². The Hall–Kier alpha value is -1.56. The number of rotatable bonds is 14. The average Bonchev–Trinajstić information content (AvgIpc) is 2.68. The molecule has 0 aromatic heterocycles. The minimum absolute atomic E-state index is 1.15. The summed E-state index contributed by atoms with van der Waals surface area (Å²) >= 11 is 0. The minimum atomic E-state index is 1.15. The van der Waals surface area contributed by atoms with Crippen LogP contribution in [0.5, 0.6) is 0 Å². The summed E-state index contributed by atoms with van der Waals surface area (Å²) in [6, 6.07) is 15.5. The molecule has 0 saturated heterocycles. The molecule has 0 atom stereocenters. The fourth-order valence-electron chi connectivity index (χ4n) is 3.63. The normalized spacial score (nSPS) is 11.6. The van der Waals surface area contributed by atoms with Crippen LogP contribution in [0.3, 0.4) is 0 Å². The maximum Gasteiger partial charge on any atom is -0.0181 e. The lowest BCUT2D eigenvalue weighted by atomic mass is 10.0. The van der Waals surface area contributed by atoms with Crippen molar-refractivity contribution in [1.29, 1.82) is 0 Å². The van der Waals surface area contributed by atoms with Gasteiger partial charge in [-0.05, 0) is 42.0 Å². The summed E-state index contributed by atoms with van der Waals surface area (Å²) in [5.74, 6) is 0. The molecule has 2 aromatic rings. The second-order valence-corrected chi connectivity index (χ2v) is 7.66. The van der Waals surface area contributed by atoms with Crippen LogP contribution in [0.25, 0.3) is 10.8 Å². The average molecular weight is 351 g/mol. The van der Waals surface area contributed by atoms with Gasteiger partial charge >= 0.3 is 0 Å². The largest absolute Gasteiger partial charge is 0.0885 e. The van der Waals surface area contributed by atoms with E-state index in [0.717, 1.165) is 12.8 Å². The lowest BCUT2D eigenvalue weighted by molar-refractivity contribution is 0.557. The van der Waals surface area contributed by atoms with E-state index < -0.39 is 0 Å². The quantitative estimate of drug-likeness (QED) is 0.236. The van der Waals surface area contributed by atoms with E-state index >= 15 is 0 Å². The summed E-state index contributed by atoms with van der Waals surface area (Å²) in [7, 11) is 0. The Balaban J connectivity index is 1.45. The molecule has 0 saturated carbocycles. The molecule has 2 rings (SSSR count). The molecule has 0 aliphatic heterocycles. The van der Waals surface area contributed by atoms with E-state index in [9.17, 15) is 0 Å². The third-order valence-corrected chi connectivity index (χ3v) is 5.30. The zero-order valence-corrected chi connectivity index (χ0v) is 16.9. The standard InChI is InChI=1S/C26H38/c1-2-3-4-5-6-7-8-9-10-11-12-13-14-15-18-24-21-22-25-19-16-17-20-26(25)23-24/h13-14,16-17,19-23H,2-12,15,18H2,1H3/b14-13+. The van der Waals surface area contributed by atoms with Gasteiger partial charge in [0.25, 0.3) is 0 Å². The SMILES string of the molecule is CCCCCCCCCCCC/C=C/CCc1ccc2ccccc2c1. The maximum absolute atomic E-state index is 2.39. The predicted octanol–water partition coefficient (Wildman–Crippen LogP) is 8.64. The molecule has 0 unspecified atom stereocenters. The number of allylic oxidation sites excluding steroid dienone is 2. The van der Waals surface area contributed by atoms with Crippen molar-refractivity contribution >= 4 is 10.8 Å². The molecule has 0 heterocycles. The first kappa shape index (κ1) is 20.7. The molecule has 0 nitrogen and oxygen atoms in total. The van der Waals surface area contributed by atoms with E-state index in [1.807, 2.05) is 0 Å². The first-order valence-electron chi connectivity index (χ1n) is 11.0. The Morgan fingerprint density at radius 3 is 1.96 bits per heavy atom. The zero-order valence-electron chi connectivity index (χ0n) is 16.9. The maximum atomic E-state index is 2.39. The first-order chi connectivity index (χ1) is 12.9. The van der Waals surface area contributed by atoms with Crippen LogP contribution in [0.2, 0.25) is 0 Å². The van der Waals surface area contributed by atoms with Gasteiger partial charge in [0.2, 0.25) is 0 Å². The van der Waals surface area contributed by atoms with E-state index in [0.29, 0.717) is 0 Å². The summed E-state index contributed by atoms with van der Waals surface area (Å²) in [6.45, 7) is 2.29. The van der Waals surface area contributed by atoms with Gasteiger partial charge in [-0.1, -0.05) is 119 Å². The number of hydrogen-bond acceptors (Lipinski definition) is 0. The van der Waals surface area contributed by atoms with Gasteiger partial charge in [0, 0.05) is 0 Å². The van der Waals surface area contributed by atoms with Crippen LogP contribution in [0, 0.1) is 0 Å². The number of fused-ring (bicyclic) bond motifs is 1. The van der Waals surface area contributed by atoms with Gasteiger partial charge in [-0.3, -0.25) is 0 Å². The summed E-state index contributed by atoms with van der Waals surface area (Å²) in [5, 5.41) is 2.70. The Morgan fingerprint density at radius 1 is 0.615 bits per heavy atom. The highest BCUT2D eigenvalue weighted by Crippen LogP contribution is 2.17. The van der Waals surface area contributed by atoms with Crippen molar-refractivity contribution in [1.82, 2.24) is 0 Å². The topological polar surface area (TPSA) is 0 Å². The molecule has 26 heavy (non-hydrogen) atoms. The fourth-order valence-corrected chi connectivity index (χ4v) is 3.63. The molecule has 0 radical (unpaired) electrons. The van der Waals surface area contributed by atoms with E-state index in [-0.39, 0.29) is 0 Å². The summed E-state index contributed by atoms with van der Waals surface area (Å²) in [6.07, 6.45) is 22.6. The summed E-state index contributed by atoms with van der Waals surface area (Å²) in [4.78, 5) is 0. The van der Waals surface area contributed by atoms with Gasteiger partial charge < -0.3 is 0 Å². The zero-order chi connectivity index (χ0) is 18.3. The molecule has 0 bridgehead atoms. The van der Waals surface area contributed by atoms with Crippen LogP contribution in [-0.2, 0) is 6.42 Å². The van der Waals surface area contributed by atoms with Crippen LogP contribution in [0.15, 0.2) is 54.6 Å². The molecule has 142 valence electrons. The number of hydrogen-bond donors (Lipinski definition) is 0. The van der Waals surface area contributed by atoms with Gasteiger partial charge in [0.15, 0.2) is 0 Å². The van der Waals surface area contributed by atoms with Crippen LogP contribution in [0.1, 0.15) is 89.5 Å². The highest BCUT2D eigenvalue weighted by Gasteiger charge is 1.95. The van der Waals surface area contributed by atoms with Gasteiger partial charge in [0.1, 0.15) is 0 Å². The van der Waals surface area contributed by atoms with Crippen molar-refractivity contribution in [2.24, 2.45) is 0 Å². The van der Waals surface area contributed by atoms with E-state index in [4.69, 9.17) is 0 Å². The van der Waals surface area contributed by atoms with Crippen LogP contribution in [-0.4, -0.2) is 0 Å². The molecule has 0 aliphatic carbocycles. The third-order valence-electron chi connectivity index (χ3n) is 5.30. The second kappa shape index (κ2) is 13.6. The Labute approximate surface area is 161 Å². The molecule has 0 spiro atoms. The monoisotopic (exact) mass is 350 g/mol. The molecular weight excluding hydrogens is 312 g/mol. The fraction of sp³-hybridized carbons (Fsp3) is 0.538. The molecule has 0 aliphatic rings. The first-order valence-corrected chi connectivity index (χ1v) is 11.0. The van der Waals surface area contributed by atoms with Crippen molar-refractivity contribution in [3.63, 3.8) is 0 Å². The van der Waals surface area contributed by atoms with Gasteiger partial charge in [-0.25, -0.2) is 0 Å². The van der Waals surface area contributed by atoms with Crippen molar-refractivity contribution in [2.45, 2.75) is 90.4 Å². The number of aryl methyl sites for hydroxylation is 1. The second-order valence-electron chi connectivity index (χ2n) is 7.66. The molecule has 0 heteroatoms. The molecule has 0 N–H and O–H groups in total. The van der Waals surface area contributed by atoms with E-state index in [1.54, 1.807) is 0 Å². The highest BCUT2D eigenvalue weighted by atomic mass is 14.0. The highest BCUT2D eigenvalue weighted by molar-refractivity contribution is 5.82. The Bertz CT molecular complexity index is 623.